The lowest BCUT2D eigenvalue weighted by molar-refractivity contribution is -0.685. The monoisotopic (exact) mass is 229 g/mol. The summed E-state index contributed by atoms with van der Waals surface area (Å²) in [5.41, 5.74) is 2.20. The van der Waals surface area contributed by atoms with Gasteiger partial charge in [-0.2, -0.15) is 0 Å². The van der Waals surface area contributed by atoms with Crippen LogP contribution in [0.15, 0.2) is 49.4 Å². The highest BCUT2D eigenvalue weighted by molar-refractivity contribution is 5.88. The molecule has 0 atom stereocenters. The zero-order valence-corrected chi connectivity index (χ0v) is 9.26. The van der Waals surface area contributed by atoms with Crippen LogP contribution >= 0.6 is 0 Å². The van der Waals surface area contributed by atoms with Crippen molar-refractivity contribution in [3.8, 4) is 11.3 Å². The summed E-state index contributed by atoms with van der Waals surface area (Å²) in [4.78, 5) is 13.8. The molecule has 0 spiro atoms. The number of H-pyrrole nitrogens is 1. The number of carboxylic acids is 1. The van der Waals surface area contributed by atoms with Gasteiger partial charge in [-0.1, -0.05) is 12.7 Å². The lowest BCUT2D eigenvalue weighted by Gasteiger charge is -1.95. The van der Waals surface area contributed by atoms with Gasteiger partial charge in [0.05, 0.1) is 5.56 Å². The van der Waals surface area contributed by atoms with Crippen molar-refractivity contribution in [1.82, 2.24) is 4.98 Å². The van der Waals surface area contributed by atoms with Gasteiger partial charge in [0.1, 0.15) is 12.7 Å². The average Bonchev–Trinajstić information content (AvgIpc) is 2.78. The van der Waals surface area contributed by atoms with Crippen LogP contribution in [0, 0.1) is 0 Å². The van der Waals surface area contributed by atoms with E-state index in [0.29, 0.717) is 5.56 Å². The maximum absolute atomic E-state index is 10.7. The average molecular weight is 229 g/mol. The van der Waals surface area contributed by atoms with E-state index in [1.165, 1.54) is 0 Å². The second-order valence-electron chi connectivity index (χ2n) is 3.68. The number of carboxylic acid groups (broad SMARTS) is 1. The van der Waals surface area contributed by atoms with Crippen molar-refractivity contribution < 1.29 is 14.5 Å². The van der Waals surface area contributed by atoms with Crippen molar-refractivity contribution in [3.63, 3.8) is 0 Å². The van der Waals surface area contributed by atoms with Crippen LogP contribution in [0.1, 0.15) is 10.4 Å². The molecular formula is C13H13N2O2+. The number of hydrogen-bond acceptors (Lipinski definition) is 1. The number of benzene rings is 1. The van der Waals surface area contributed by atoms with E-state index < -0.39 is 5.97 Å². The molecule has 0 radical (unpaired) electrons. The largest absolute Gasteiger partial charge is 0.478 e. The lowest BCUT2D eigenvalue weighted by Crippen LogP contribution is -2.28. The van der Waals surface area contributed by atoms with Crippen LogP contribution in [0.3, 0.4) is 0 Å². The standard InChI is InChI=1S/C13H12N2O2/c1-2-7-15-8-12(14-9-15)10-3-5-11(6-4-10)13(16)17/h2-6,8-9H,1,7H2,(H,16,17)/p+1. The summed E-state index contributed by atoms with van der Waals surface area (Å²) in [5.74, 6) is -0.912. The Bertz CT molecular complexity index is 541. The molecule has 1 heterocycles. The van der Waals surface area contributed by atoms with Crippen molar-refractivity contribution in [2.24, 2.45) is 0 Å². The highest BCUT2D eigenvalue weighted by Gasteiger charge is 2.08. The SMILES string of the molecule is C=CC[n+]1c[nH]c(-c2ccc(C(=O)O)cc2)c1. The molecule has 17 heavy (non-hydrogen) atoms. The number of imidazole rings is 1. The van der Waals surface area contributed by atoms with Crippen LogP contribution in [0.4, 0.5) is 0 Å². The van der Waals surface area contributed by atoms with E-state index in [-0.39, 0.29) is 0 Å². The van der Waals surface area contributed by atoms with Gasteiger partial charge in [-0.15, -0.1) is 0 Å². The van der Waals surface area contributed by atoms with Crippen LogP contribution in [0.25, 0.3) is 11.3 Å². The Balaban J connectivity index is 2.26. The van der Waals surface area contributed by atoms with Crippen molar-refractivity contribution in [1.29, 1.82) is 0 Å². The molecule has 2 rings (SSSR count). The summed E-state index contributed by atoms with van der Waals surface area (Å²) in [7, 11) is 0. The van der Waals surface area contributed by atoms with Crippen LogP contribution in [-0.4, -0.2) is 16.1 Å². The Morgan fingerprint density at radius 1 is 1.41 bits per heavy atom. The number of allylic oxidation sites excluding steroid dienone is 1. The normalized spacial score (nSPS) is 10.1. The first kappa shape index (κ1) is 11.1. The molecule has 2 N–H and O–H groups in total. The van der Waals surface area contributed by atoms with E-state index in [2.05, 4.69) is 11.6 Å². The number of aromatic nitrogens is 2. The summed E-state index contributed by atoms with van der Waals surface area (Å²) in [6.07, 6.45) is 5.62. The molecule has 86 valence electrons. The molecule has 0 aliphatic heterocycles. The predicted octanol–water partition coefficient (Wildman–Crippen LogP) is 1.85. The highest BCUT2D eigenvalue weighted by atomic mass is 16.4. The molecule has 0 aliphatic carbocycles. The molecule has 0 unspecified atom stereocenters. The van der Waals surface area contributed by atoms with Crippen molar-refractivity contribution in [2.45, 2.75) is 6.54 Å². The number of nitrogens with one attached hydrogen (secondary N) is 1. The van der Waals surface area contributed by atoms with E-state index in [1.54, 1.807) is 24.3 Å². The zero-order valence-electron chi connectivity index (χ0n) is 9.26. The molecule has 2 aromatic rings. The third-order valence-corrected chi connectivity index (χ3v) is 2.46. The predicted molar refractivity (Wildman–Crippen MR) is 63.6 cm³/mol. The minimum atomic E-state index is -0.912. The highest BCUT2D eigenvalue weighted by Crippen LogP contribution is 2.15. The number of hydrogen-bond donors (Lipinski definition) is 2. The van der Waals surface area contributed by atoms with Gasteiger partial charge in [0.2, 0.25) is 6.33 Å². The quantitative estimate of drug-likeness (QED) is 0.621. The summed E-state index contributed by atoms with van der Waals surface area (Å²) in [6, 6.07) is 6.76. The smallest absolute Gasteiger partial charge is 0.335 e. The van der Waals surface area contributed by atoms with Crippen molar-refractivity contribution in [3.05, 3.63) is 55.0 Å². The molecule has 4 nitrogen and oxygen atoms in total. The van der Waals surface area contributed by atoms with E-state index in [0.717, 1.165) is 17.8 Å². The van der Waals surface area contributed by atoms with Gasteiger partial charge in [-0.3, -0.25) is 0 Å². The Morgan fingerprint density at radius 3 is 2.71 bits per heavy atom. The fourth-order valence-corrected chi connectivity index (χ4v) is 1.60. The first-order valence-electron chi connectivity index (χ1n) is 5.23. The fraction of sp³-hybridized carbons (Fsp3) is 0.0769. The first-order valence-corrected chi connectivity index (χ1v) is 5.23. The number of aromatic amines is 1. The van der Waals surface area contributed by atoms with E-state index in [4.69, 9.17) is 5.11 Å². The van der Waals surface area contributed by atoms with E-state index >= 15 is 0 Å². The Hall–Kier alpha value is -2.36. The molecule has 0 saturated carbocycles. The Kier molecular flexibility index (Phi) is 3.05. The van der Waals surface area contributed by atoms with Gasteiger partial charge in [-0.25, -0.2) is 14.3 Å². The second-order valence-corrected chi connectivity index (χ2v) is 3.68. The Labute approximate surface area is 98.9 Å². The van der Waals surface area contributed by atoms with Gasteiger partial charge in [0.25, 0.3) is 0 Å². The van der Waals surface area contributed by atoms with Gasteiger partial charge in [0.15, 0.2) is 5.69 Å². The first-order chi connectivity index (χ1) is 8.20. The molecule has 0 saturated heterocycles. The second kappa shape index (κ2) is 4.65. The minimum Gasteiger partial charge on any atom is -0.478 e. The molecule has 0 fully saturated rings. The van der Waals surface area contributed by atoms with Crippen molar-refractivity contribution in [2.75, 3.05) is 0 Å². The van der Waals surface area contributed by atoms with Gasteiger partial charge >= 0.3 is 5.97 Å². The molecule has 1 aromatic heterocycles. The van der Waals surface area contributed by atoms with Crippen LogP contribution in [-0.2, 0) is 6.54 Å². The topological polar surface area (TPSA) is 57.0 Å². The van der Waals surface area contributed by atoms with Crippen LogP contribution in [0.5, 0.6) is 0 Å². The number of nitrogens with zero attached hydrogens (tertiary/aromatic N) is 1. The molecule has 0 bridgehead atoms. The zero-order chi connectivity index (χ0) is 12.3. The number of rotatable bonds is 4. The van der Waals surface area contributed by atoms with E-state index in [9.17, 15) is 4.79 Å². The molecular weight excluding hydrogens is 216 g/mol. The third kappa shape index (κ3) is 2.42. The van der Waals surface area contributed by atoms with Crippen molar-refractivity contribution >= 4 is 5.97 Å². The van der Waals surface area contributed by atoms with Gasteiger partial charge in [-0.05, 0) is 24.3 Å². The van der Waals surface area contributed by atoms with Gasteiger partial charge in [0, 0.05) is 5.56 Å². The molecule has 4 heteroatoms. The van der Waals surface area contributed by atoms with Crippen LogP contribution < -0.4 is 4.57 Å². The Morgan fingerprint density at radius 2 is 2.12 bits per heavy atom. The van der Waals surface area contributed by atoms with Crippen LogP contribution in [0.2, 0.25) is 0 Å². The molecule has 1 aromatic carbocycles. The maximum atomic E-state index is 10.7. The summed E-state index contributed by atoms with van der Waals surface area (Å²) in [6.45, 7) is 4.41. The minimum absolute atomic E-state index is 0.291. The summed E-state index contributed by atoms with van der Waals surface area (Å²) >= 11 is 0. The fourth-order valence-electron chi connectivity index (χ4n) is 1.60. The summed E-state index contributed by atoms with van der Waals surface area (Å²) < 4.78 is 1.97. The lowest BCUT2D eigenvalue weighted by atomic mass is 10.1. The van der Waals surface area contributed by atoms with E-state index in [1.807, 2.05) is 23.2 Å². The molecule has 0 amide bonds. The summed E-state index contributed by atoms with van der Waals surface area (Å²) in [5, 5.41) is 8.80. The number of aromatic carboxylic acids is 1. The third-order valence-electron chi connectivity index (χ3n) is 2.46. The van der Waals surface area contributed by atoms with Gasteiger partial charge < -0.3 is 5.11 Å². The maximum Gasteiger partial charge on any atom is 0.335 e. The molecule has 0 aliphatic rings. The number of carbonyl (C=O) groups is 1.